The van der Waals surface area contributed by atoms with Gasteiger partial charge in [0.2, 0.25) is 0 Å². The van der Waals surface area contributed by atoms with Crippen molar-refractivity contribution in [3.8, 4) is 5.75 Å². The molecule has 0 bridgehead atoms. The van der Waals surface area contributed by atoms with Crippen LogP contribution in [0.3, 0.4) is 0 Å². The second kappa shape index (κ2) is 8.63. The zero-order valence-electron chi connectivity index (χ0n) is 18.5. The van der Waals surface area contributed by atoms with Crippen molar-refractivity contribution < 1.29 is 23.8 Å². The van der Waals surface area contributed by atoms with E-state index in [2.05, 4.69) is 0 Å². The normalized spacial score (nSPS) is 17.3. The molecule has 2 aromatic rings. The van der Waals surface area contributed by atoms with Crippen LogP contribution in [0.1, 0.15) is 11.5 Å². The summed E-state index contributed by atoms with van der Waals surface area (Å²) in [5.74, 6) is -0.586. The van der Waals surface area contributed by atoms with Crippen LogP contribution < -0.4 is 14.5 Å². The number of thioether (sulfide) groups is 1. The van der Waals surface area contributed by atoms with Gasteiger partial charge in [-0.2, -0.15) is 0 Å². The van der Waals surface area contributed by atoms with Crippen LogP contribution in [0.5, 0.6) is 5.75 Å². The molecule has 0 saturated carbocycles. The Kier molecular flexibility index (Phi) is 5.88. The third kappa shape index (κ3) is 3.60. The number of esters is 2. The Balaban J connectivity index is 1.94. The molecule has 0 N–H and O–H groups in total. The van der Waals surface area contributed by atoms with Crippen molar-refractivity contribution in [2.45, 2.75) is 5.92 Å². The van der Waals surface area contributed by atoms with E-state index in [-0.39, 0.29) is 10.5 Å². The average molecular weight is 453 g/mol. The maximum Gasteiger partial charge on any atom is 0.345 e. The number of ether oxygens (including phenoxy) is 3. The Morgan fingerprint density at radius 1 is 1.00 bits per heavy atom. The Bertz CT molecular complexity index is 1140. The quantitative estimate of drug-likeness (QED) is 0.648. The smallest absolute Gasteiger partial charge is 0.345 e. The fraction of sp³-hybridized carbons (Fsp3) is 0.250. The van der Waals surface area contributed by atoms with Gasteiger partial charge in [-0.1, -0.05) is 36.0 Å². The van der Waals surface area contributed by atoms with Crippen molar-refractivity contribution >= 4 is 35.1 Å². The van der Waals surface area contributed by atoms with E-state index < -0.39 is 17.9 Å². The molecule has 166 valence electrons. The number of fused-ring (bicyclic) bond motifs is 1. The summed E-state index contributed by atoms with van der Waals surface area (Å²) in [6.07, 6.45) is 0. The molecule has 2 aromatic carbocycles. The van der Waals surface area contributed by atoms with E-state index in [1.165, 1.54) is 14.2 Å². The van der Waals surface area contributed by atoms with E-state index >= 15 is 0 Å². The largest absolute Gasteiger partial charge is 0.466 e. The minimum atomic E-state index is -0.639. The van der Waals surface area contributed by atoms with Gasteiger partial charge in [-0.25, -0.2) is 9.59 Å². The van der Waals surface area contributed by atoms with Gasteiger partial charge < -0.3 is 24.0 Å². The van der Waals surface area contributed by atoms with Crippen LogP contribution in [-0.4, -0.2) is 47.3 Å². The number of benzene rings is 2. The lowest BCUT2D eigenvalue weighted by atomic mass is 9.87. The molecule has 1 unspecified atom stereocenters. The fourth-order valence-corrected chi connectivity index (χ4v) is 4.99. The first-order valence-electron chi connectivity index (χ1n) is 9.98. The maximum absolute atomic E-state index is 13.0. The summed E-state index contributed by atoms with van der Waals surface area (Å²) in [6, 6.07) is 15.4. The lowest BCUT2D eigenvalue weighted by molar-refractivity contribution is -0.139. The number of hydrogen-bond acceptors (Lipinski definition) is 8. The average Bonchev–Trinajstić information content (AvgIpc) is 2.82. The second-order valence-corrected chi connectivity index (χ2v) is 8.54. The van der Waals surface area contributed by atoms with Gasteiger partial charge in [0, 0.05) is 26.8 Å². The SMILES string of the molecule is COC(=O)C1=C(C(=O)OC)C(c2ccc(N(C)C)cc2)C2=C(S1)N(C)c1ccccc1O2. The molecule has 0 radical (unpaired) electrons. The van der Waals surface area contributed by atoms with Crippen molar-refractivity contribution in [2.24, 2.45) is 0 Å². The van der Waals surface area contributed by atoms with Crippen molar-refractivity contribution in [2.75, 3.05) is 45.2 Å². The molecule has 0 spiro atoms. The summed E-state index contributed by atoms with van der Waals surface area (Å²) >= 11 is 1.15. The lowest BCUT2D eigenvalue weighted by Crippen LogP contribution is -2.32. The van der Waals surface area contributed by atoms with Crippen LogP contribution in [0.25, 0.3) is 0 Å². The van der Waals surface area contributed by atoms with Crippen LogP contribution in [0.15, 0.2) is 69.8 Å². The second-order valence-electron chi connectivity index (χ2n) is 7.55. The number of rotatable bonds is 4. The highest BCUT2D eigenvalue weighted by Crippen LogP contribution is 2.53. The Hall–Kier alpha value is -3.39. The van der Waals surface area contributed by atoms with Crippen molar-refractivity contribution in [1.82, 2.24) is 0 Å². The summed E-state index contributed by atoms with van der Waals surface area (Å²) in [5, 5.41) is 0.721. The molecule has 0 aromatic heterocycles. The first kappa shape index (κ1) is 21.8. The molecular weight excluding hydrogens is 428 g/mol. The van der Waals surface area contributed by atoms with Crippen LogP contribution in [0.4, 0.5) is 11.4 Å². The predicted octanol–water partition coefficient (Wildman–Crippen LogP) is 3.88. The first-order chi connectivity index (χ1) is 15.4. The summed E-state index contributed by atoms with van der Waals surface area (Å²) < 4.78 is 16.5. The number of methoxy groups -OCH3 is 2. The third-order valence-electron chi connectivity index (χ3n) is 5.48. The van der Waals surface area contributed by atoms with Gasteiger partial charge in [-0.3, -0.25) is 0 Å². The summed E-state index contributed by atoms with van der Waals surface area (Å²) in [4.78, 5) is 29.9. The zero-order chi connectivity index (χ0) is 23.0. The number of para-hydroxylation sites is 2. The molecular formula is C24H24N2O5S. The molecule has 7 nitrogen and oxygen atoms in total. The van der Waals surface area contributed by atoms with Crippen molar-refractivity contribution in [1.29, 1.82) is 0 Å². The Morgan fingerprint density at radius 2 is 1.66 bits per heavy atom. The number of carbonyl (C=O) groups is 2. The van der Waals surface area contributed by atoms with E-state index in [4.69, 9.17) is 14.2 Å². The molecule has 4 rings (SSSR count). The molecule has 0 aliphatic carbocycles. The third-order valence-corrected chi connectivity index (χ3v) is 6.73. The highest BCUT2D eigenvalue weighted by molar-refractivity contribution is 8.07. The summed E-state index contributed by atoms with van der Waals surface area (Å²) in [5.41, 5.74) is 2.88. The minimum absolute atomic E-state index is 0.189. The fourth-order valence-electron chi connectivity index (χ4n) is 3.82. The Labute approximate surface area is 191 Å². The van der Waals surface area contributed by atoms with E-state index in [1.54, 1.807) is 0 Å². The molecule has 8 heteroatoms. The number of carbonyl (C=O) groups excluding carboxylic acids is 2. The van der Waals surface area contributed by atoms with E-state index in [1.807, 2.05) is 79.5 Å². The molecule has 1 atom stereocenters. The topological polar surface area (TPSA) is 68.3 Å². The monoisotopic (exact) mass is 452 g/mol. The zero-order valence-corrected chi connectivity index (χ0v) is 19.4. The molecule has 32 heavy (non-hydrogen) atoms. The minimum Gasteiger partial charge on any atom is -0.466 e. The molecule has 2 aliphatic heterocycles. The highest BCUT2D eigenvalue weighted by Gasteiger charge is 2.44. The van der Waals surface area contributed by atoms with Crippen LogP contribution in [0, 0.1) is 0 Å². The van der Waals surface area contributed by atoms with Gasteiger partial charge in [0.25, 0.3) is 0 Å². The van der Waals surface area contributed by atoms with E-state index in [0.29, 0.717) is 11.5 Å². The maximum atomic E-state index is 13.0. The molecule has 0 fully saturated rings. The van der Waals surface area contributed by atoms with E-state index in [0.717, 1.165) is 33.7 Å². The summed E-state index contributed by atoms with van der Waals surface area (Å²) in [7, 11) is 8.42. The Morgan fingerprint density at radius 3 is 2.28 bits per heavy atom. The highest BCUT2D eigenvalue weighted by atomic mass is 32.2. The van der Waals surface area contributed by atoms with Crippen molar-refractivity contribution in [3.63, 3.8) is 0 Å². The van der Waals surface area contributed by atoms with Crippen LogP contribution in [0.2, 0.25) is 0 Å². The summed E-state index contributed by atoms with van der Waals surface area (Å²) in [6.45, 7) is 0. The van der Waals surface area contributed by atoms with Crippen molar-refractivity contribution in [3.05, 3.63) is 75.4 Å². The predicted molar refractivity (Wildman–Crippen MR) is 125 cm³/mol. The molecule has 2 aliphatic rings. The van der Waals surface area contributed by atoms with Gasteiger partial charge in [0.05, 0.1) is 31.4 Å². The van der Waals surface area contributed by atoms with Crippen LogP contribution in [-0.2, 0) is 19.1 Å². The number of allylic oxidation sites excluding steroid dienone is 1. The van der Waals surface area contributed by atoms with Crippen LogP contribution >= 0.6 is 11.8 Å². The number of anilines is 2. The van der Waals surface area contributed by atoms with E-state index in [9.17, 15) is 9.59 Å². The number of hydrogen-bond donors (Lipinski definition) is 0. The first-order valence-corrected chi connectivity index (χ1v) is 10.8. The van der Waals surface area contributed by atoms with Gasteiger partial charge in [-0.15, -0.1) is 0 Å². The van der Waals surface area contributed by atoms with Gasteiger partial charge in [0.15, 0.2) is 5.75 Å². The van der Waals surface area contributed by atoms with Gasteiger partial charge in [0.1, 0.15) is 15.7 Å². The molecule has 0 saturated heterocycles. The standard InChI is InChI=1S/C24H24N2O5S/c1-25(2)15-12-10-14(11-13-15)18-19(23(27)29-4)21(24(28)30-5)32-22-20(18)31-17-9-7-6-8-16(17)26(22)3/h6-13,18H,1-5H3. The number of nitrogens with zero attached hydrogens (tertiary/aromatic N) is 2. The van der Waals surface area contributed by atoms with Gasteiger partial charge in [-0.05, 0) is 29.8 Å². The molecule has 2 heterocycles. The lowest BCUT2D eigenvalue weighted by Gasteiger charge is -2.38. The molecule has 0 amide bonds. The van der Waals surface area contributed by atoms with Gasteiger partial charge >= 0.3 is 11.9 Å².